The zero-order valence-corrected chi connectivity index (χ0v) is 17.7. The van der Waals surface area contributed by atoms with Crippen LogP contribution in [0.25, 0.3) is 5.76 Å². The number of Topliss-reactive ketones (excluding diaryl/α,β-unsaturated/α-hetero) is 1. The fourth-order valence-corrected chi connectivity index (χ4v) is 4.08. The number of likely N-dealkylation sites (tertiary alicyclic amines) is 1. The fraction of sp³-hybridized carbons (Fsp3) is 0.167. The minimum atomic E-state index is -0.987. The Kier molecular flexibility index (Phi) is 5.25. The SMILES string of the molecule is O=C1C(=O)N(Cc2ccco2)C(c2ccc([N+](=O)[O-])cc2)/C1=C(\O)c1ccc2c(c1)OCCO2. The van der Waals surface area contributed by atoms with Crippen LogP contribution < -0.4 is 9.47 Å². The Morgan fingerprint density at radius 1 is 1.06 bits per heavy atom. The molecule has 1 fully saturated rings. The number of nitro benzene ring substituents is 1. The van der Waals surface area contributed by atoms with Gasteiger partial charge < -0.3 is 23.9 Å². The minimum Gasteiger partial charge on any atom is -0.507 e. The first-order valence-corrected chi connectivity index (χ1v) is 10.4. The highest BCUT2D eigenvalue weighted by Gasteiger charge is 2.46. The zero-order chi connectivity index (χ0) is 23.8. The molecule has 1 aromatic heterocycles. The van der Waals surface area contributed by atoms with Gasteiger partial charge >= 0.3 is 0 Å². The number of non-ortho nitro benzene ring substituents is 1. The van der Waals surface area contributed by atoms with Crippen molar-refractivity contribution < 1.29 is 33.5 Å². The Morgan fingerprint density at radius 3 is 2.47 bits per heavy atom. The average Bonchev–Trinajstić information content (AvgIpc) is 3.46. The van der Waals surface area contributed by atoms with Crippen LogP contribution in [0, 0.1) is 10.1 Å². The summed E-state index contributed by atoms with van der Waals surface area (Å²) in [6.07, 6.45) is 1.45. The molecule has 10 nitrogen and oxygen atoms in total. The molecule has 172 valence electrons. The van der Waals surface area contributed by atoms with Crippen molar-refractivity contribution in [2.75, 3.05) is 13.2 Å². The van der Waals surface area contributed by atoms with Gasteiger partial charge in [0.15, 0.2) is 11.5 Å². The number of amides is 1. The molecule has 3 aromatic rings. The van der Waals surface area contributed by atoms with E-state index in [1.807, 2.05) is 0 Å². The number of rotatable bonds is 5. The van der Waals surface area contributed by atoms with Crippen LogP contribution in [-0.4, -0.2) is 39.8 Å². The lowest BCUT2D eigenvalue weighted by molar-refractivity contribution is -0.384. The average molecular weight is 462 g/mol. The predicted molar refractivity (Wildman–Crippen MR) is 117 cm³/mol. The number of aliphatic hydroxyl groups excluding tert-OH is 1. The number of nitro groups is 1. The van der Waals surface area contributed by atoms with Gasteiger partial charge in [-0.2, -0.15) is 0 Å². The smallest absolute Gasteiger partial charge is 0.296 e. The largest absolute Gasteiger partial charge is 0.507 e. The maximum absolute atomic E-state index is 13.1. The summed E-state index contributed by atoms with van der Waals surface area (Å²) in [6, 6.07) is 12.5. The Morgan fingerprint density at radius 2 is 1.79 bits per heavy atom. The standard InChI is InChI=1S/C24H18N2O8/c27-22(15-5-8-18-19(12-15)34-11-10-33-18)20-21(14-3-6-16(7-4-14)26(30)31)25(24(29)23(20)28)13-17-2-1-9-32-17/h1-9,12,21,27H,10-11,13H2/b22-20+. The van der Waals surface area contributed by atoms with Gasteiger partial charge in [0.25, 0.3) is 17.4 Å². The number of nitrogens with zero attached hydrogens (tertiary/aromatic N) is 2. The molecule has 1 unspecified atom stereocenters. The Balaban J connectivity index is 1.63. The van der Waals surface area contributed by atoms with Crippen LogP contribution >= 0.6 is 0 Å². The van der Waals surface area contributed by atoms with E-state index in [4.69, 9.17) is 13.9 Å². The predicted octanol–water partition coefficient (Wildman–Crippen LogP) is 3.58. The van der Waals surface area contributed by atoms with Crippen molar-refractivity contribution in [3.8, 4) is 11.5 Å². The van der Waals surface area contributed by atoms with Crippen molar-refractivity contribution in [2.24, 2.45) is 0 Å². The highest BCUT2D eigenvalue weighted by atomic mass is 16.6. The molecule has 0 saturated carbocycles. The third kappa shape index (κ3) is 3.64. The van der Waals surface area contributed by atoms with Crippen molar-refractivity contribution in [2.45, 2.75) is 12.6 Å². The van der Waals surface area contributed by atoms with Crippen LogP contribution in [0.2, 0.25) is 0 Å². The molecule has 0 spiro atoms. The monoisotopic (exact) mass is 462 g/mol. The summed E-state index contributed by atoms with van der Waals surface area (Å²) in [6.45, 7) is 0.709. The van der Waals surface area contributed by atoms with Gasteiger partial charge in [-0.3, -0.25) is 19.7 Å². The summed E-state index contributed by atoms with van der Waals surface area (Å²) in [4.78, 5) is 37.9. The summed E-state index contributed by atoms with van der Waals surface area (Å²) in [5.41, 5.74) is 0.420. The third-order valence-corrected chi connectivity index (χ3v) is 5.68. The van der Waals surface area contributed by atoms with Crippen LogP contribution in [-0.2, 0) is 16.1 Å². The van der Waals surface area contributed by atoms with E-state index in [2.05, 4.69) is 0 Å². The zero-order valence-electron chi connectivity index (χ0n) is 17.7. The number of hydrogen-bond acceptors (Lipinski definition) is 8. The van der Waals surface area contributed by atoms with Crippen LogP contribution in [0.4, 0.5) is 5.69 Å². The lowest BCUT2D eigenvalue weighted by Crippen LogP contribution is -2.29. The first-order chi connectivity index (χ1) is 16.4. The molecule has 0 radical (unpaired) electrons. The summed E-state index contributed by atoms with van der Waals surface area (Å²) < 4.78 is 16.4. The highest BCUT2D eigenvalue weighted by molar-refractivity contribution is 6.46. The number of ketones is 1. The van der Waals surface area contributed by atoms with Gasteiger partial charge in [-0.05, 0) is 48.0 Å². The number of fused-ring (bicyclic) bond motifs is 1. The van der Waals surface area contributed by atoms with E-state index >= 15 is 0 Å². The lowest BCUT2D eigenvalue weighted by atomic mass is 9.95. The van der Waals surface area contributed by atoms with E-state index in [-0.39, 0.29) is 29.1 Å². The van der Waals surface area contributed by atoms with Crippen molar-refractivity contribution >= 4 is 23.1 Å². The van der Waals surface area contributed by atoms with Gasteiger partial charge in [0.1, 0.15) is 24.7 Å². The van der Waals surface area contributed by atoms with Gasteiger partial charge in [0.05, 0.1) is 29.3 Å². The van der Waals surface area contributed by atoms with Crippen molar-refractivity contribution in [3.63, 3.8) is 0 Å². The van der Waals surface area contributed by atoms with E-state index in [1.165, 1.54) is 41.5 Å². The molecular weight excluding hydrogens is 444 g/mol. The van der Waals surface area contributed by atoms with Crippen LogP contribution in [0.1, 0.15) is 22.9 Å². The number of carbonyl (C=O) groups is 2. The molecular formula is C24H18N2O8. The number of aliphatic hydroxyl groups is 1. The molecule has 10 heteroatoms. The van der Waals surface area contributed by atoms with E-state index in [9.17, 15) is 24.8 Å². The van der Waals surface area contributed by atoms with Crippen molar-refractivity contribution in [1.29, 1.82) is 0 Å². The molecule has 2 aromatic carbocycles. The molecule has 34 heavy (non-hydrogen) atoms. The molecule has 1 N–H and O–H groups in total. The number of carbonyl (C=O) groups excluding carboxylic acids is 2. The van der Waals surface area contributed by atoms with Crippen molar-refractivity contribution in [1.82, 2.24) is 4.90 Å². The minimum absolute atomic E-state index is 0.0306. The first kappa shape index (κ1) is 21.3. The second-order valence-electron chi connectivity index (χ2n) is 7.71. The van der Waals surface area contributed by atoms with Gasteiger partial charge in [-0.25, -0.2) is 0 Å². The maximum Gasteiger partial charge on any atom is 0.296 e. The molecule has 0 bridgehead atoms. The molecule has 1 atom stereocenters. The molecule has 1 amide bonds. The molecule has 5 rings (SSSR count). The normalized spacial score (nSPS) is 18.8. The summed E-state index contributed by atoms with van der Waals surface area (Å²) in [5.74, 6) is -0.727. The topological polar surface area (TPSA) is 132 Å². The number of furan rings is 1. The van der Waals surface area contributed by atoms with Gasteiger partial charge in [-0.15, -0.1) is 0 Å². The summed E-state index contributed by atoms with van der Waals surface area (Å²) in [7, 11) is 0. The van der Waals surface area contributed by atoms with E-state index in [0.717, 1.165) is 0 Å². The number of benzene rings is 2. The Labute approximate surface area is 192 Å². The fourth-order valence-electron chi connectivity index (χ4n) is 4.08. The van der Waals surface area contributed by atoms with Crippen LogP contribution in [0.3, 0.4) is 0 Å². The second kappa shape index (κ2) is 8.39. The number of hydrogen-bond donors (Lipinski definition) is 1. The molecule has 2 aliphatic rings. The Bertz CT molecular complexity index is 1310. The van der Waals surface area contributed by atoms with Gasteiger partial charge in [0, 0.05) is 17.7 Å². The maximum atomic E-state index is 13.1. The van der Waals surface area contributed by atoms with Gasteiger partial charge in [0.2, 0.25) is 0 Å². The van der Waals surface area contributed by atoms with E-state index in [1.54, 1.807) is 24.3 Å². The summed E-state index contributed by atoms with van der Waals surface area (Å²) in [5, 5.41) is 22.3. The second-order valence-corrected chi connectivity index (χ2v) is 7.71. The van der Waals surface area contributed by atoms with Crippen molar-refractivity contribution in [3.05, 3.63) is 93.4 Å². The Hall–Kier alpha value is -4.60. The molecule has 3 heterocycles. The summed E-state index contributed by atoms with van der Waals surface area (Å²) >= 11 is 0. The van der Waals surface area contributed by atoms with E-state index in [0.29, 0.717) is 36.0 Å². The van der Waals surface area contributed by atoms with Crippen LogP contribution in [0.15, 0.2) is 70.9 Å². The van der Waals surface area contributed by atoms with E-state index < -0.39 is 22.7 Å². The van der Waals surface area contributed by atoms with Crippen LogP contribution in [0.5, 0.6) is 11.5 Å². The first-order valence-electron chi connectivity index (χ1n) is 10.4. The molecule has 2 aliphatic heterocycles. The van der Waals surface area contributed by atoms with Gasteiger partial charge in [-0.1, -0.05) is 0 Å². The number of ether oxygens (including phenoxy) is 2. The quantitative estimate of drug-likeness (QED) is 0.200. The molecule has 1 saturated heterocycles. The highest BCUT2D eigenvalue weighted by Crippen LogP contribution is 2.42. The third-order valence-electron chi connectivity index (χ3n) is 5.68. The molecule has 0 aliphatic carbocycles. The lowest BCUT2D eigenvalue weighted by Gasteiger charge is -2.24.